The molecule has 7 heteroatoms. The van der Waals surface area contributed by atoms with E-state index in [9.17, 15) is 0 Å². The summed E-state index contributed by atoms with van der Waals surface area (Å²) in [6.07, 6.45) is 0.668. The van der Waals surface area contributed by atoms with Gasteiger partial charge in [-0.05, 0) is 17.7 Å². The van der Waals surface area contributed by atoms with Gasteiger partial charge in [-0.15, -0.1) is 0 Å². The summed E-state index contributed by atoms with van der Waals surface area (Å²) in [5, 5.41) is 5.02. The number of aromatic nitrogens is 4. The van der Waals surface area contributed by atoms with Crippen LogP contribution in [0.1, 0.15) is 17.3 Å². The number of fused-ring (bicyclic) bond motifs is 1. The Bertz CT molecular complexity index is 1010. The lowest BCUT2D eigenvalue weighted by atomic mass is 10.1. The van der Waals surface area contributed by atoms with Crippen LogP contribution < -0.4 is 0 Å². The number of benzene rings is 2. The fourth-order valence-corrected chi connectivity index (χ4v) is 3.77. The minimum atomic E-state index is 0.581. The Morgan fingerprint density at radius 3 is 2.70 bits per heavy atom. The number of hydrogen-bond acceptors (Lipinski definition) is 6. The van der Waals surface area contributed by atoms with Gasteiger partial charge in [-0.2, -0.15) is 4.98 Å². The first kappa shape index (κ1) is 17.8. The minimum Gasteiger partial charge on any atom is -0.383 e. The highest BCUT2D eigenvalue weighted by Gasteiger charge is 2.13. The lowest BCUT2D eigenvalue weighted by Gasteiger charge is -2.07. The molecule has 0 aliphatic heterocycles. The third-order valence-electron chi connectivity index (χ3n) is 4.18. The SMILES string of the molecule is COCCn1c(SCc2nc(Cc3ccccc3)no2)nc2ccccc21. The standard InChI is InChI=1S/C20H20N4O2S/c1-25-12-11-24-17-10-6-5-9-16(17)21-20(24)27-14-19-22-18(23-26-19)13-15-7-3-2-4-8-15/h2-10H,11-14H2,1H3. The molecule has 2 heterocycles. The Morgan fingerprint density at radius 1 is 1.04 bits per heavy atom. The van der Waals surface area contributed by atoms with Crippen molar-refractivity contribution >= 4 is 22.8 Å². The van der Waals surface area contributed by atoms with Gasteiger partial charge in [0.15, 0.2) is 11.0 Å². The average Bonchev–Trinajstić information content (AvgIpc) is 3.29. The van der Waals surface area contributed by atoms with E-state index in [1.165, 1.54) is 5.56 Å². The van der Waals surface area contributed by atoms with Gasteiger partial charge in [-0.25, -0.2) is 4.98 Å². The number of imidazole rings is 1. The Kier molecular flexibility index (Phi) is 5.50. The zero-order chi connectivity index (χ0) is 18.5. The second-order valence-electron chi connectivity index (χ2n) is 6.08. The van der Waals surface area contributed by atoms with Crippen LogP contribution in [0.5, 0.6) is 0 Å². The van der Waals surface area contributed by atoms with Crippen molar-refractivity contribution in [3.05, 3.63) is 71.9 Å². The average molecular weight is 380 g/mol. The van der Waals surface area contributed by atoms with Gasteiger partial charge in [0.25, 0.3) is 0 Å². The van der Waals surface area contributed by atoms with Gasteiger partial charge >= 0.3 is 0 Å². The second kappa shape index (κ2) is 8.37. The van der Waals surface area contributed by atoms with Crippen molar-refractivity contribution in [2.45, 2.75) is 23.9 Å². The van der Waals surface area contributed by atoms with E-state index in [0.717, 1.165) is 22.7 Å². The van der Waals surface area contributed by atoms with Crippen molar-refractivity contribution < 1.29 is 9.26 Å². The summed E-state index contributed by atoms with van der Waals surface area (Å²) in [7, 11) is 1.71. The number of thioether (sulfide) groups is 1. The summed E-state index contributed by atoms with van der Waals surface area (Å²) in [5.41, 5.74) is 3.25. The zero-order valence-electron chi connectivity index (χ0n) is 15.0. The molecule has 2 aromatic carbocycles. The van der Waals surface area contributed by atoms with Gasteiger partial charge in [-0.3, -0.25) is 0 Å². The Balaban J connectivity index is 1.47. The van der Waals surface area contributed by atoms with Crippen LogP contribution in [0, 0.1) is 0 Å². The number of hydrogen-bond donors (Lipinski definition) is 0. The van der Waals surface area contributed by atoms with E-state index < -0.39 is 0 Å². The van der Waals surface area contributed by atoms with Gasteiger partial charge in [0.2, 0.25) is 5.89 Å². The van der Waals surface area contributed by atoms with Crippen LogP contribution in [0.4, 0.5) is 0 Å². The maximum Gasteiger partial charge on any atom is 0.237 e. The second-order valence-corrected chi connectivity index (χ2v) is 7.03. The summed E-state index contributed by atoms with van der Waals surface area (Å²) in [6.45, 7) is 1.39. The van der Waals surface area contributed by atoms with E-state index in [1.807, 2.05) is 36.4 Å². The van der Waals surface area contributed by atoms with E-state index in [-0.39, 0.29) is 0 Å². The molecule has 27 heavy (non-hydrogen) atoms. The molecule has 0 amide bonds. The van der Waals surface area contributed by atoms with Crippen molar-refractivity contribution in [3.63, 3.8) is 0 Å². The Hall–Kier alpha value is -2.64. The summed E-state index contributed by atoms with van der Waals surface area (Å²) in [4.78, 5) is 9.24. The summed E-state index contributed by atoms with van der Waals surface area (Å²) in [5.74, 6) is 1.89. The highest BCUT2D eigenvalue weighted by Crippen LogP contribution is 2.26. The predicted molar refractivity (Wildman–Crippen MR) is 105 cm³/mol. The van der Waals surface area contributed by atoms with E-state index in [4.69, 9.17) is 14.2 Å². The maximum atomic E-state index is 5.41. The predicted octanol–water partition coefficient (Wildman–Crippen LogP) is 3.95. The van der Waals surface area contributed by atoms with Crippen LogP contribution in [0.25, 0.3) is 11.0 Å². The molecular weight excluding hydrogens is 360 g/mol. The number of rotatable bonds is 8. The lowest BCUT2D eigenvalue weighted by Crippen LogP contribution is -2.05. The molecule has 6 nitrogen and oxygen atoms in total. The molecule has 0 spiro atoms. The van der Waals surface area contributed by atoms with Gasteiger partial charge in [0, 0.05) is 20.1 Å². The molecule has 4 rings (SSSR count). The fraction of sp³-hybridized carbons (Fsp3) is 0.250. The highest BCUT2D eigenvalue weighted by atomic mass is 32.2. The Morgan fingerprint density at radius 2 is 1.85 bits per heavy atom. The van der Waals surface area contributed by atoms with Gasteiger partial charge in [0.05, 0.1) is 23.4 Å². The molecule has 0 aliphatic carbocycles. The normalized spacial score (nSPS) is 11.3. The number of ether oxygens (including phenoxy) is 1. The molecule has 0 bridgehead atoms. The zero-order valence-corrected chi connectivity index (χ0v) is 15.9. The molecule has 0 saturated carbocycles. The fourth-order valence-electron chi connectivity index (χ4n) is 2.89. The first-order valence-electron chi connectivity index (χ1n) is 8.76. The lowest BCUT2D eigenvalue weighted by molar-refractivity contribution is 0.186. The maximum absolute atomic E-state index is 5.41. The van der Waals surface area contributed by atoms with Crippen LogP contribution in [0.15, 0.2) is 64.3 Å². The van der Waals surface area contributed by atoms with Crippen LogP contribution in [0.2, 0.25) is 0 Å². The molecule has 4 aromatic rings. The van der Waals surface area contributed by atoms with E-state index in [2.05, 4.69) is 32.9 Å². The molecule has 0 aliphatic rings. The summed E-state index contributed by atoms with van der Waals surface area (Å²) < 4.78 is 12.8. The van der Waals surface area contributed by atoms with Gasteiger partial charge in [-0.1, -0.05) is 59.4 Å². The molecule has 0 saturated heterocycles. The van der Waals surface area contributed by atoms with Crippen LogP contribution in [-0.2, 0) is 23.5 Å². The summed E-state index contributed by atoms with van der Waals surface area (Å²) in [6, 6.07) is 18.3. The first-order valence-corrected chi connectivity index (χ1v) is 9.74. The number of para-hydroxylation sites is 2. The van der Waals surface area contributed by atoms with Gasteiger partial charge < -0.3 is 13.8 Å². The van der Waals surface area contributed by atoms with Crippen molar-refractivity contribution in [3.8, 4) is 0 Å². The van der Waals surface area contributed by atoms with Crippen LogP contribution in [0.3, 0.4) is 0 Å². The molecule has 0 N–H and O–H groups in total. The van der Waals surface area contributed by atoms with Crippen molar-refractivity contribution in [2.24, 2.45) is 0 Å². The van der Waals surface area contributed by atoms with E-state index in [1.54, 1.807) is 18.9 Å². The number of nitrogens with zero attached hydrogens (tertiary/aromatic N) is 4. The number of methoxy groups -OCH3 is 1. The van der Waals surface area contributed by atoms with Crippen molar-refractivity contribution in [1.82, 2.24) is 19.7 Å². The largest absolute Gasteiger partial charge is 0.383 e. The third kappa shape index (κ3) is 4.20. The van der Waals surface area contributed by atoms with E-state index >= 15 is 0 Å². The first-order chi connectivity index (χ1) is 13.3. The molecule has 0 atom stereocenters. The quantitative estimate of drug-likeness (QED) is 0.431. The topological polar surface area (TPSA) is 66.0 Å². The Labute approximate surface area is 161 Å². The molecule has 0 fully saturated rings. The molecule has 138 valence electrons. The van der Waals surface area contributed by atoms with E-state index in [0.29, 0.717) is 30.5 Å². The monoisotopic (exact) mass is 380 g/mol. The highest BCUT2D eigenvalue weighted by molar-refractivity contribution is 7.98. The third-order valence-corrected chi connectivity index (χ3v) is 5.14. The molecular formula is C20H20N4O2S. The molecule has 0 radical (unpaired) electrons. The van der Waals surface area contributed by atoms with Crippen molar-refractivity contribution in [1.29, 1.82) is 0 Å². The molecule has 0 unspecified atom stereocenters. The van der Waals surface area contributed by atoms with Crippen molar-refractivity contribution in [2.75, 3.05) is 13.7 Å². The summed E-state index contributed by atoms with van der Waals surface area (Å²) >= 11 is 1.60. The smallest absolute Gasteiger partial charge is 0.237 e. The molecule has 2 aromatic heterocycles. The van der Waals surface area contributed by atoms with Gasteiger partial charge in [0.1, 0.15) is 0 Å². The van der Waals surface area contributed by atoms with Crippen LogP contribution >= 0.6 is 11.8 Å². The van der Waals surface area contributed by atoms with Crippen LogP contribution in [-0.4, -0.2) is 33.4 Å². The minimum absolute atomic E-state index is 0.581.